The average Bonchev–Trinajstić information content (AvgIpc) is 2.64. The summed E-state index contributed by atoms with van der Waals surface area (Å²) in [5, 5.41) is 13.4. The molecule has 0 saturated heterocycles. The zero-order valence-electron chi connectivity index (χ0n) is 11.6. The Morgan fingerprint density at radius 2 is 2.05 bits per heavy atom. The van der Waals surface area contributed by atoms with E-state index in [0.717, 1.165) is 5.69 Å². The van der Waals surface area contributed by atoms with E-state index in [-0.39, 0.29) is 29.9 Å². The molecule has 2 heterocycles. The summed E-state index contributed by atoms with van der Waals surface area (Å²) < 4.78 is 28.1. The number of aromatic nitrogens is 2. The molecule has 0 amide bonds. The van der Waals surface area contributed by atoms with Gasteiger partial charge < -0.3 is 5.11 Å². The van der Waals surface area contributed by atoms with Gasteiger partial charge in [-0.3, -0.25) is 4.68 Å². The minimum atomic E-state index is -2.55. The van der Waals surface area contributed by atoms with E-state index in [4.69, 9.17) is 0 Å². The molecule has 6 heteroatoms. The molecule has 0 unspecified atom stereocenters. The van der Waals surface area contributed by atoms with Crippen molar-refractivity contribution in [1.82, 2.24) is 9.78 Å². The average molecular weight is 284 g/mol. The van der Waals surface area contributed by atoms with Crippen LogP contribution < -0.4 is 0 Å². The Morgan fingerprint density at radius 3 is 2.55 bits per heavy atom. The predicted octanol–water partition coefficient (Wildman–Crippen LogP) is 3.07. The van der Waals surface area contributed by atoms with Gasteiger partial charge in [-0.25, -0.2) is 13.6 Å². The molecule has 0 bridgehead atoms. The molecular formula is C14H18F2N2O2. The molecule has 1 fully saturated rings. The lowest BCUT2D eigenvalue weighted by Gasteiger charge is -2.49. The van der Waals surface area contributed by atoms with Crippen molar-refractivity contribution in [3.05, 3.63) is 17.0 Å². The van der Waals surface area contributed by atoms with Crippen molar-refractivity contribution in [1.29, 1.82) is 0 Å². The van der Waals surface area contributed by atoms with Crippen molar-refractivity contribution in [3.8, 4) is 0 Å². The summed E-state index contributed by atoms with van der Waals surface area (Å²) in [7, 11) is 0. The molecule has 0 atom stereocenters. The van der Waals surface area contributed by atoms with E-state index in [0.29, 0.717) is 24.9 Å². The maximum atomic E-state index is 13.2. The van der Waals surface area contributed by atoms with Crippen LogP contribution in [0.2, 0.25) is 0 Å². The van der Waals surface area contributed by atoms with E-state index in [9.17, 15) is 18.7 Å². The Balaban J connectivity index is 1.98. The van der Waals surface area contributed by atoms with E-state index in [1.165, 1.54) is 0 Å². The third-order valence-electron chi connectivity index (χ3n) is 4.54. The number of carboxylic acid groups (broad SMARTS) is 1. The van der Waals surface area contributed by atoms with Crippen LogP contribution in [0.25, 0.3) is 0 Å². The fourth-order valence-corrected chi connectivity index (χ4v) is 3.78. The second-order valence-corrected chi connectivity index (χ2v) is 6.53. The van der Waals surface area contributed by atoms with Gasteiger partial charge in [-0.1, -0.05) is 13.8 Å². The lowest BCUT2D eigenvalue weighted by atomic mass is 9.60. The highest BCUT2D eigenvalue weighted by Gasteiger charge is 2.57. The molecular weight excluding hydrogens is 266 g/mol. The first-order valence-corrected chi connectivity index (χ1v) is 6.94. The number of alkyl halides is 2. The van der Waals surface area contributed by atoms with Gasteiger partial charge in [0.1, 0.15) is 0 Å². The lowest BCUT2D eigenvalue weighted by Crippen LogP contribution is -2.50. The number of fused-ring (bicyclic) bond motifs is 1. The van der Waals surface area contributed by atoms with Crippen molar-refractivity contribution >= 4 is 5.97 Å². The number of carbonyl (C=O) groups is 1. The van der Waals surface area contributed by atoms with Gasteiger partial charge in [0.2, 0.25) is 5.92 Å². The zero-order chi connectivity index (χ0) is 14.7. The predicted molar refractivity (Wildman–Crippen MR) is 68.2 cm³/mol. The van der Waals surface area contributed by atoms with Crippen molar-refractivity contribution in [2.45, 2.75) is 57.9 Å². The van der Waals surface area contributed by atoms with Gasteiger partial charge in [-0.2, -0.15) is 5.10 Å². The topological polar surface area (TPSA) is 55.1 Å². The van der Waals surface area contributed by atoms with Gasteiger partial charge in [-0.05, 0) is 24.2 Å². The monoisotopic (exact) mass is 284 g/mol. The Morgan fingerprint density at radius 1 is 1.40 bits per heavy atom. The Bertz CT molecular complexity index is 570. The van der Waals surface area contributed by atoms with Gasteiger partial charge >= 0.3 is 5.97 Å². The minimum absolute atomic E-state index is 0.0283. The molecule has 1 aromatic heterocycles. The van der Waals surface area contributed by atoms with Crippen LogP contribution >= 0.6 is 0 Å². The van der Waals surface area contributed by atoms with E-state index in [1.807, 2.05) is 13.8 Å². The van der Waals surface area contributed by atoms with Gasteiger partial charge in [0.15, 0.2) is 5.69 Å². The van der Waals surface area contributed by atoms with Crippen molar-refractivity contribution in [2.24, 2.45) is 5.41 Å². The van der Waals surface area contributed by atoms with Crippen molar-refractivity contribution in [3.63, 3.8) is 0 Å². The molecule has 0 radical (unpaired) electrons. The molecule has 4 nitrogen and oxygen atoms in total. The van der Waals surface area contributed by atoms with Crippen LogP contribution in [-0.2, 0) is 13.0 Å². The Labute approximate surface area is 115 Å². The van der Waals surface area contributed by atoms with Crippen LogP contribution in [-0.4, -0.2) is 26.8 Å². The van der Waals surface area contributed by atoms with Crippen LogP contribution in [0.4, 0.5) is 8.78 Å². The maximum absolute atomic E-state index is 13.2. The number of nitrogens with zero attached hydrogens (tertiary/aromatic N) is 2. The molecule has 1 spiro atoms. The zero-order valence-corrected chi connectivity index (χ0v) is 11.6. The normalized spacial score (nSPS) is 22.6. The van der Waals surface area contributed by atoms with Crippen LogP contribution in [0, 0.1) is 5.41 Å². The fraction of sp³-hybridized carbons (Fsp3) is 0.714. The summed E-state index contributed by atoms with van der Waals surface area (Å²) in [6.07, 6.45) is 1.03. The van der Waals surface area contributed by atoms with E-state index in [1.54, 1.807) is 4.68 Å². The number of hydrogen-bond acceptors (Lipinski definition) is 2. The molecule has 1 saturated carbocycles. The third-order valence-corrected chi connectivity index (χ3v) is 4.54. The van der Waals surface area contributed by atoms with Crippen LogP contribution in [0.1, 0.15) is 60.8 Å². The van der Waals surface area contributed by atoms with Crippen LogP contribution in [0.5, 0.6) is 0 Å². The number of rotatable bonds is 2. The molecule has 1 aliphatic heterocycles. The molecule has 1 aliphatic carbocycles. The van der Waals surface area contributed by atoms with Crippen LogP contribution in [0.15, 0.2) is 0 Å². The standard InChI is InChI=1S/C14H18F2N2O2/c1-8(2)10-9-5-13(6-14(15,16)7-13)3-4-18(9)17-11(10)12(19)20/h8H,3-7H2,1-2H3,(H,19,20). The first kappa shape index (κ1) is 13.5. The summed E-state index contributed by atoms with van der Waals surface area (Å²) in [6, 6.07) is 0. The molecule has 2 aliphatic rings. The van der Waals surface area contributed by atoms with Gasteiger partial charge in [-0.15, -0.1) is 0 Å². The van der Waals surface area contributed by atoms with Crippen molar-refractivity contribution in [2.75, 3.05) is 0 Å². The number of carboxylic acids is 1. The first-order chi connectivity index (χ1) is 9.23. The van der Waals surface area contributed by atoms with E-state index >= 15 is 0 Å². The summed E-state index contributed by atoms with van der Waals surface area (Å²) in [5.41, 5.74) is 1.29. The second-order valence-electron chi connectivity index (χ2n) is 6.53. The number of halogens is 2. The Hall–Kier alpha value is -1.46. The summed E-state index contributed by atoms with van der Waals surface area (Å²) in [6.45, 7) is 4.38. The first-order valence-electron chi connectivity index (χ1n) is 6.94. The SMILES string of the molecule is CC(C)c1c(C(=O)O)nn2c1CC1(CC2)CC(F)(F)C1. The summed E-state index contributed by atoms with van der Waals surface area (Å²) >= 11 is 0. The quantitative estimate of drug-likeness (QED) is 0.908. The highest BCUT2D eigenvalue weighted by Crippen LogP contribution is 2.57. The van der Waals surface area contributed by atoms with Crippen LogP contribution in [0.3, 0.4) is 0 Å². The van der Waals surface area contributed by atoms with Crippen molar-refractivity contribution < 1.29 is 18.7 Å². The smallest absolute Gasteiger partial charge is 0.356 e. The van der Waals surface area contributed by atoms with Gasteiger partial charge in [0.25, 0.3) is 0 Å². The number of hydrogen-bond donors (Lipinski definition) is 1. The number of aryl methyl sites for hydroxylation is 1. The molecule has 3 rings (SSSR count). The number of aromatic carboxylic acids is 1. The molecule has 20 heavy (non-hydrogen) atoms. The second kappa shape index (κ2) is 4.02. The van der Waals surface area contributed by atoms with E-state index in [2.05, 4.69) is 5.10 Å². The highest BCUT2D eigenvalue weighted by atomic mass is 19.3. The maximum Gasteiger partial charge on any atom is 0.356 e. The third kappa shape index (κ3) is 1.93. The summed E-state index contributed by atoms with van der Waals surface area (Å²) in [4.78, 5) is 11.3. The lowest BCUT2D eigenvalue weighted by molar-refractivity contribution is -0.169. The van der Waals surface area contributed by atoms with Gasteiger partial charge in [0, 0.05) is 30.6 Å². The van der Waals surface area contributed by atoms with Gasteiger partial charge in [0.05, 0.1) is 0 Å². The summed E-state index contributed by atoms with van der Waals surface area (Å²) in [5.74, 6) is -3.56. The minimum Gasteiger partial charge on any atom is -0.476 e. The van der Waals surface area contributed by atoms with E-state index < -0.39 is 11.9 Å². The molecule has 0 aromatic carbocycles. The molecule has 1 aromatic rings. The largest absolute Gasteiger partial charge is 0.476 e. The Kier molecular flexibility index (Phi) is 2.72. The molecule has 110 valence electrons. The highest BCUT2D eigenvalue weighted by molar-refractivity contribution is 5.87. The fourth-order valence-electron chi connectivity index (χ4n) is 3.78. The molecule has 1 N–H and O–H groups in total.